The average molecular weight is 255 g/mol. The molecule has 0 aliphatic heterocycles. The van der Waals surface area contributed by atoms with Crippen LogP contribution in [-0.2, 0) is 0 Å². The second-order valence-corrected chi connectivity index (χ2v) is 4.60. The fourth-order valence-electron chi connectivity index (χ4n) is 1.30. The number of hydrogen-bond donors (Lipinski definition) is 2. The zero-order valence-corrected chi connectivity index (χ0v) is 10.4. The van der Waals surface area contributed by atoms with E-state index in [1.165, 1.54) is 4.90 Å². The number of nitrogens with zero attached hydrogens (tertiary/aromatic N) is 2. The second kappa shape index (κ2) is 6.09. The van der Waals surface area contributed by atoms with Gasteiger partial charge in [0.25, 0.3) is 0 Å². The summed E-state index contributed by atoms with van der Waals surface area (Å²) < 4.78 is 36.6. The zero-order valence-electron chi connectivity index (χ0n) is 10.4. The molecule has 0 rings (SSSR count). The fourth-order valence-corrected chi connectivity index (χ4v) is 1.30. The smallest absolute Gasteiger partial charge is 0.401 e. The third-order valence-corrected chi connectivity index (χ3v) is 2.70. The summed E-state index contributed by atoms with van der Waals surface area (Å²) in [5, 5.41) is 11.4. The van der Waals surface area contributed by atoms with E-state index in [0.717, 1.165) is 0 Å². The van der Waals surface area contributed by atoms with Crippen molar-refractivity contribution in [2.75, 3.05) is 19.6 Å². The molecule has 0 fully saturated rings. The van der Waals surface area contributed by atoms with Gasteiger partial charge in [-0.1, -0.05) is 25.9 Å². The maximum atomic E-state index is 12.2. The van der Waals surface area contributed by atoms with Gasteiger partial charge in [-0.2, -0.15) is 13.2 Å². The molecule has 4 nitrogen and oxygen atoms in total. The highest BCUT2D eigenvalue weighted by atomic mass is 19.4. The van der Waals surface area contributed by atoms with Gasteiger partial charge in [0.05, 0.1) is 6.54 Å². The van der Waals surface area contributed by atoms with Gasteiger partial charge < -0.3 is 10.9 Å². The summed E-state index contributed by atoms with van der Waals surface area (Å²) in [5.41, 5.74) is 4.85. The van der Waals surface area contributed by atoms with Crippen LogP contribution in [0.5, 0.6) is 0 Å². The van der Waals surface area contributed by atoms with E-state index in [-0.39, 0.29) is 12.4 Å². The zero-order chi connectivity index (χ0) is 13.7. The highest BCUT2D eigenvalue weighted by Gasteiger charge is 2.31. The van der Waals surface area contributed by atoms with Crippen molar-refractivity contribution in [2.45, 2.75) is 33.4 Å². The van der Waals surface area contributed by atoms with Crippen LogP contribution in [0, 0.1) is 5.41 Å². The molecule has 0 saturated carbocycles. The van der Waals surface area contributed by atoms with Gasteiger partial charge in [-0.25, -0.2) is 0 Å². The van der Waals surface area contributed by atoms with E-state index in [9.17, 15) is 13.2 Å². The first-order valence-corrected chi connectivity index (χ1v) is 5.39. The minimum Gasteiger partial charge on any atom is -0.409 e. The Balaban J connectivity index is 4.33. The lowest BCUT2D eigenvalue weighted by molar-refractivity contribution is -0.145. The van der Waals surface area contributed by atoms with Gasteiger partial charge in [0.15, 0.2) is 0 Å². The van der Waals surface area contributed by atoms with E-state index >= 15 is 0 Å². The molecule has 0 bridgehead atoms. The Morgan fingerprint density at radius 1 is 1.35 bits per heavy atom. The SMILES string of the molecule is CCN(CCC(C)(C)C(N)=NO)CC(F)(F)F. The molecule has 0 saturated heterocycles. The lowest BCUT2D eigenvalue weighted by Crippen LogP contribution is -2.39. The standard InChI is InChI=1S/C10H20F3N3O/c1-4-16(7-10(11,12)13)6-5-9(2,3)8(14)15-17/h17H,4-7H2,1-3H3,(H2,14,15). The van der Waals surface area contributed by atoms with Crippen molar-refractivity contribution in [3.8, 4) is 0 Å². The lowest BCUT2D eigenvalue weighted by Gasteiger charge is -2.28. The van der Waals surface area contributed by atoms with E-state index < -0.39 is 18.1 Å². The van der Waals surface area contributed by atoms with Gasteiger partial charge >= 0.3 is 6.18 Å². The van der Waals surface area contributed by atoms with Crippen LogP contribution in [0.2, 0.25) is 0 Å². The van der Waals surface area contributed by atoms with Crippen LogP contribution in [0.25, 0.3) is 0 Å². The van der Waals surface area contributed by atoms with Crippen LogP contribution in [0.3, 0.4) is 0 Å². The Kier molecular flexibility index (Phi) is 5.74. The summed E-state index contributed by atoms with van der Waals surface area (Å²) in [4.78, 5) is 1.28. The Labute approximate surface area is 99.3 Å². The van der Waals surface area contributed by atoms with Crippen molar-refractivity contribution < 1.29 is 18.4 Å². The molecule has 0 unspecified atom stereocenters. The Morgan fingerprint density at radius 2 is 1.88 bits per heavy atom. The van der Waals surface area contributed by atoms with Gasteiger partial charge in [-0.05, 0) is 19.5 Å². The Morgan fingerprint density at radius 3 is 2.24 bits per heavy atom. The molecule has 0 atom stereocenters. The molecule has 0 spiro atoms. The maximum Gasteiger partial charge on any atom is 0.401 e. The minimum atomic E-state index is -4.20. The first kappa shape index (κ1) is 16.0. The van der Waals surface area contributed by atoms with Gasteiger partial charge in [-0.3, -0.25) is 4.90 Å². The highest BCUT2D eigenvalue weighted by molar-refractivity contribution is 5.85. The van der Waals surface area contributed by atoms with Gasteiger partial charge in [0.2, 0.25) is 0 Å². The summed E-state index contributed by atoms with van der Waals surface area (Å²) in [6.07, 6.45) is -3.80. The molecular weight excluding hydrogens is 235 g/mol. The Hall–Kier alpha value is -0.980. The van der Waals surface area contributed by atoms with Crippen molar-refractivity contribution in [3.05, 3.63) is 0 Å². The molecular formula is C10H20F3N3O. The lowest BCUT2D eigenvalue weighted by atomic mass is 9.88. The van der Waals surface area contributed by atoms with Gasteiger partial charge in [0.1, 0.15) is 5.84 Å². The van der Waals surface area contributed by atoms with Crippen LogP contribution < -0.4 is 5.73 Å². The summed E-state index contributed by atoms with van der Waals surface area (Å²) in [6.45, 7) is 4.75. The average Bonchev–Trinajstić information content (AvgIpc) is 2.21. The number of alkyl halides is 3. The van der Waals surface area contributed by atoms with E-state index in [4.69, 9.17) is 10.9 Å². The monoisotopic (exact) mass is 255 g/mol. The largest absolute Gasteiger partial charge is 0.409 e. The van der Waals surface area contributed by atoms with E-state index in [1.807, 2.05) is 0 Å². The van der Waals surface area contributed by atoms with E-state index in [1.54, 1.807) is 20.8 Å². The molecule has 3 N–H and O–H groups in total. The molecule has 0 aliphatic carbocycles. The molecule has 17 heavy (non-hydrogen) atoms. The number of hydrogen-bond acceptors (Lipinski definition) is 3. The topological polar surface area (TPSA) is 61.8 Å². The third-order valence-electron chi connectivity index (χ3n) is 2.70. The molecule has 0 heterocycles. The van der Waals surface area contributed by atoms with Crippen LogP contribution in [0.1, 0.15) is 27.2 Å². The molecule has 7 heteroatoms. The van der Waals surface area contributed by atoms with Gasteiger partial charge in [0, 0.05) is 5.41 Å². The maximum absolute atomic E-state index is 12.2. The quantitative estimate of drug-likeness (QED) is 0.330. The first-order valence-electron chi connectivity index (χ1n) is 5.39. The molecule has 0 aromatic heterocycles. The normalized spacial score (nSPS) is 14.4. The van der Waals surface area contributed by atoms with Gasteiger partial charge in [-0.15, -0.1) is 0 Å². The van der Waals surface area contributed by atoms with Crippen molar-refractivity contribution in [2.24, 2.45) is 16.3 Å². The summed E-state index contributed by atoms with van der Waals surface area (Å²) in [5.74, 6) is 0.0283. The van der Waals surface area contributed by atoms with E-state index in [0.29, 0.717) is 13.0 Å². The third kappa shape index (κ3) is 6.35. The van der Waals surface area contributed by atoms with Crippen molar-refractivity contribution >= 4 is 5.84 Å². The van der Waals surface area contributed by atoms with Crippen molar-refractivity contribution in [1.29, 1.82) is 0 Å². The van der Waals surface area contributed by atoms with Crippen molar-refractivity contribution in [3.63, 3.8) is 0 Å². The predicted octanol–water partition coefficient (Wildman–Crippen LogP) is 2.03. The van der Waals surface area contributed by atoms with Crippen molar-refractivity contribution in [1.82, 2.24) is 4.90 Å². The van der Waals surface area contributed by atoms with E-state index in [2.05, 4.69) is 5.16 Å². The molecule has 0 aromatic carbocycles. The van der Waals surface area contributed by atoms with Crippen LogP contribution in [-0.4, -0.2) is 41.8 Å². The summed E-state index contributed by atoms with van der Waals surface area (Å²) >= 11 is 0. The summed E-state index contributed by atoms with van der Waals surface area (Å²) in [7, 11) is 0. The number of nitrogens with two attached hydrogens (primary N) is 1. The molecule has 102 valence electrons. The number of rotatable bonds is 6. The number of oxime groups is 1. The molecule has 0 radical (unpaired) electrons. The number of halogens is 3. The number of amidine groups is 1. The van der Waals surface area contributed by atoms with Crippen LogP contribution in [0.4, 0.5) is 13.2 Å². The second-order valence-electron chi connectivity index (χ2n) is 4.60. The fraction of sp³-hybridized carbons (Fsp3) is 0.900. The molecule has 0 amide bonds. The summed E-state index contributed by atoms with van der Waals surface area (Å²) in [6, 6.07) is 0. The van der Waals surface area contributed by atoms with Crippen LogP contribution in [0.15, 0.2) is 5.16 Å². The van der Waals surface area contributed by atoms with Crippen LogP contribution >= 0.6 is 0 Å². The predicted molar refractivity (Wildman–Crippen MR) is 60.0 cm³/mol. The highest BCUT2D eigenvalue weighted by Crippen LogP contribution is 2.22. The first-order chi connectivity index (χ1) is 7.62. The Bertz CT molecular complexity index is 264. The molecule has 0 aromatic rings. The minimum absolute atomic E-state index is 0.0283. The molecule has 0 aliphatic rings.